The summed E-state index contributed by atoms with van der Waals surface area (Å²) in [5.41, 5.74) is 7.37. The van der Waals surface area contributed by atoms with Gasteiger partial charge >= 0.3 is 6.09 Å². The van der Waals surface area contributed by atoms with Crippen molar-refractivity contribution in [3.8, 4) is 0 Å². The molecule has 0 spiro atoms. The molecule has 1 amide bonds. The van der Waals surface area contributed by atoms with Crippen molar-refractivity contribution >= 4 is 45.8 Å². The van der Waals surface area contributed by atoms with Gasteiger partial charge in [0.2, 0.25) is 0 Å². The van der Waals surface area contributed by atoms with E-state index in [2.05, 4.69) is 44.1 Å². The van der Waals surface area contributed by atoms with Gasteiger partial charge in [-0.1, -0.05) is 41.9 Å². The van der Waals surface area contributed by atoms with Crippen LogP contribution in [0.1, 0.15) is 43.0 Å². The molecule has 6 nitrogen and oxygen atoms in total. The SMILES string of the molecule is NC(=O)OC(Cc1ccccc1)[C@H]1CC[C@H](c2nc(I)c3c(Cl)nccn32)CC1. The van der Waals surface area contributed by atoms with E-state index in [0.717, 1.165) is 46.3 Å². The fourth-order valence-electron chi connectivity index (χ4n) is 4.32. The van der Waals surface area contributed by atoms with Crippen molar-refractivity contribution in [1.82, 2.24) is 14.4 Å². The zero-order valence-electron chi connectivity index (χ0n) is 15.8. The second-order valence-corrected chi connectivity index (χ2v) is 8.85. The number of halogens is 2. The summed E-state index contributed by atoms with van der Waals surface area (Å²) in [6, 6.07) is 10.1. The Hall–Kier alpha value is -1.87. The van der Waals surface area contributed by atoms with Gasteiger partial charge in [0.1, 0.15) is 21.1 Å². The van der Waals surface area contributed by atoms with Gasteiger partial charge in [0, 0.05) is 24.7 Å². The normalized spacial score (nSPS) is 20.5. The Morgan fingerprint density at radius 2 is 2.00 bits per heavy atom. The summed E-state index contributed by atoms with van der Waals surface area (Å²) in [7, 11) is 0. The first kappa shape index (κ1) is 20.4. The van der Waals surface area contributed by atoms with Crippen molar-refractivity contribution in [1.29, 1.82) is 0 Å². The number of carbonyl (C=O) groups is 1. The van der Waals surface area contributed by atoms with Crippen LogP contribution in [0.25, 0.3) is 5.52 Å². The number of ether oxygens (including phenoxy) is 1. The summed E-state index contributed by atoms with van der Waals surface area (Å²) < 4.78 is 8.45. The van der Waals surface area contributed by atoms with Crippen LogP contribution >= 0.6 is 34.2 Å². The Kier molecular flexibility index (Phi) is 6.24. The first-order chi connectivity index (χ1) is 14.0. The van der Waals surface area contributed by atoms with E-state index in [-0.39, 0.29) is 12.0 Å². The molecule has 2 heterocycles. The predicted molar refractivity (Wildman–Crippen MR) is 120 cm³/mol. The van der Waals surface area contributed by atoms with E-state index in [1.165, 1.54) is 0 Å². The fourth-order valence-corrected chi connectivity index (χ4v) is 5.48. The lowest BCUT2D eigenvalue weighted by Gasteiger charge is -2.33. The minimum absolute atomic E-state index is 0.202. The molecule has 29 heavy (non-hydrogen) atoms. The second-order valence-electron chi connectivity index (χ2n) is 7.47. The third kappa shape index (κ3) is 4.50. The Morgan fingerprint density at radius 3 is 2.69 bits per heavy atom. The summed E-state index contributed by atoms with van der Waals surface area (Å²) in [6.45, 7) is 0. The molecule has 152 valence electrons. The maximum Gasteiger partial charge on any atom is 0.404 e. The topological polar surface area (TPSA) is 82.5 Å². The van der Waals surface area contributed by atoms with Crippen LogP contribution in [0.15, 0.2) is 42.7 Å². The van der Waals surface area contributed by atoms with Crippen molar-refractivity contribution < 1.29 is 9.53 Å². The number of carbonyl (C=O) groups excluding carboxylic acids is 1. The van der Waals surface area contributed by atoms with Gasteiger partial charge in [0.05, 0.1) is 0 Å². The quantitative estimate of drug-likeness (QED) is 0.478. The molecule has 3 aromatic rings. The molecule has 8 heteroatoms. The summed E-state index contributed by atoms with van der Waals surface area (Å²) in [4.78, 5) is 20.4. The van der Waals surface area contributed by atoms with Crippen LogP contribution in [0.4, 0.5) is 4.79 Å². The van der Waals surface area contributed by atoms with Gasteiger partial charge in [0.25, 0.3) is 0 Å². The predicted octanol–water partition coefficient (Wildman–Crippen LogP) is 4.97. The van der Waals surface area contributed by atoms with E-state index >= 15 is 0 Å². The molecular formula is C21H22ClIN4O2. The number of benzene rings is 1. The molecule has 1 saturated carbocycles. The molecule has 0 aliphatic heterocycles. The molecule has 1 fully saturated rings. The number of imidazole rings is 1. The fraction of sp³-hybridized carbons (Fsp3) is 0.381. The van der Waals surface area contributed by atoms with Gasteiger partial charge in [-0.3, -0.25) is 4.40 Å². The van der Waals surface area contributed by atoms with Gasteiger partial charge in [-0.05, 0) is 59.8 Å². The van der Waals surface area contributed by atoms with Crippen molar-refractivity contribution in [3.63, 3.8) is 0 Å². The smallest absolute Gasteiger partial charge is 0.404 e. The Labute approximate surface area is 188 Å². The van der Waals surface area contributed by atoms with E-state index in [4.69, 9.17) is 27.1 Å². The van der Waals surface area contributed by atoms with E-state index < -0.39 is 6.09 Å². The molecule has 1 atom stereocenters. The average Bonchev–Trinajstić information content (AvgIpc) is 3.06. The molecule has 0 radical (unpaired) electrons. The Balaban J connectivity index is 1.49. The van der Waals surface area contributed by atoms with Gasteiger partial charge in [-0.15, -0.1) is 0 Å². The number of nitrogens with two attached hydrogens (primary N) is 1. The summed E-state index contributed by atoms with van der Waals surface area (Å²) in [5, 5.41) is 0.474. The van der Waals surface area contributed by atoms with Crippen molar-refractivity contribution in [2.75, 3.05) is 0 Å². The monoisotopic (exact) mass is 524 g/mol. The maximum atomic E-state index is 11.5. The molecule has 2 N–H and O–H groups in total. The number of nitrogens with zero attached hydrogens (tertiary/aromatic N) is 3. The van der Waals surface area contributed by atoms with E-state index in [1.54, 1.807) is 6.20 Å². The van der Waals surface area contributed by atoms with E-state index in [0.29, 0.717) is 17.5 Å². The molecular weight excluding hydrogens is 503 g/mol. The van der Waals surface area contributed by atoms with Gasteiger partial charge < -0.3 is 10.5 Å². The van der Waals surface area contributed by atoms with Crippen LogP contribution in [0.5, 0.6) is 0 Å². The van der Waals surface area contributed by atoms with Crippen molar-refractivity contribution in [2.24, 2.45) is 11.7 Å². The van der Waals surface area contributed by atoms with Gasteiger partial charge in [-0.2, -0.15) is 0 Å². The Bertz CT molecular complexity index is 1000. The number of amides is 1. The lowest BCUT2D eigenvalue weighted by atomic mass is 9.77. The van der Waals surface area contributed by atoms with Gasteiger partial charge in [0.15, 0.2) is 5.15 Å². The largest absolute Gasteiger partial charge is 0.446 e. The maximum absolute atomic E-state index is 11.5. The number of hydrogen-bond donors (Lipinski definition) is 1. The van der Waals surface area contributed by atoms with Crippen LogP contribution in [-0.4, -0.2) is 26.6 Å². The number of primary amides is 1. The molecule has 1 aromatic carbocycles. The van der Waals surface area contributed by atoms with Crippen LogP contribution in [-0.2, 0) is 11.2 Å². The van der Waals surface area contributed by atoms with Crippen molar-refractivity contribution in [3.05, 3.63) is 63.0 Å². The molecule has 4 rings (SSSR count). The molecule has 0 saturated heterocycles. The average molecular weight is 525 g/mol. The van der Waals surface area contributed by atoms with Crippen molar-refractivity contribution in [2.45, 2.75) is 44.1 Å². The van der Waals surface area contributed by atoms with Crippen LogP contribution in [0, 0.1) is 9.62 Å². The molecule has 2 aromatic heterocycles. The Morgan fingerprint density at radius 1 is 1.28 bits per heavy atom. The highest BCUT2D eigenvalue weighted by Crippen LogP contribution is 2.39. The highest BCUT2D eigenvalue weighted by molar-refractivity contribution is 14.1. The van der Waals surface area contributed by atoms with E-state index in [1.807, 2.05) is 24.4 Å². The van der Waals surface area contributed by atoms with Gasteiger partial charge in [-0.25, -0.2) is 14.8 Å². The first-order valence-electron chi connectivity index (χ1n) is 9.71. The summed E-state index contributed by atoms with van der Waals surface area (Å²) in [5.74, 6) is 1.66. The summed E-state index contributed by atoms with van der Waals surface area (Å²) >= 11 is 8.48. The number of hydrogen-bond acceptors (Lipinski definition) is 4. The highest BCUT2D eigenvalue weighted by Gasteiger charge is 2.32. The van der Waals surface area contributed by atoms with Crippen LogP contribution in [0.2, 0.25) is 5.15 Å². The molecule has 1 unspecified atom stereocenters. The zero-order valence-corrected chi connectivity index (χ0v) is 18.7. The lowest BCUT2D eigenvalue weighted by molar-refractivity contribution is 0.0516. The van der Waals surface area contributed by atoms with Crippen LogP contribution in [0.3, 0.4) is 0 Å². The minimum atomic E-state index is -0.705. The zero-order chi connectivity index (χ0) is 20.4. The lowest BCUT2D eigenvalue weighted by Crippen LogP contribution is -2.33. The second kappa shape index (κ2) is 8.87. The highest BCUT2D eigenvalue weighted by atomic mass is 127. The van der Waals surface area contributed by atoms with E-state index in [9.17, 15) is 4.79 Å². The molecule has 0 bridgehead atoms. The molecule has 1 aliphatic carbocycles. The number of fused-ring (bicyclic) bond motifs is 1. The summed E-state index contributed by atoms with van der Waals surface area (Å²) in [6.07, 6.45) is 7.28. The number of rotatable bonds is 5. The number of aromatic nitrogens is 3. The third-order valence-electron chi connectivity index (χ3n) is 5.70. The standard InChI is InChI=1S/C21H22ClIN4O2/c22-18-17-19(23)26-20(27(17)11-10-25-18)15-8-6-14(7-9-15)16(29-21(24)28)12-13-4-2-1-3-5-13/h1-5,10-11,14-16H,6-9,12H2,(H2,24,28)/t14-,15-,16?. The first-order valence-corrected chi connectivity index (χ1v) is 11.2. The third-order valence-corrected chi connectivity index (χ3v) is 6.73. The van der Waals surface area contributed by atoms with Crippen LogP contribution < -0.4 is 5.73 Å². The minimum Gasteiger partial charge on any atom is -0.446 e. The molecule has 1 aliphatic rings.